The number of aromatic amines is 1. The molecule has 5 heteroatoms. The van der Waals surface area contributed by atoms with Gasteiger partial charge < -0.3 is 10.3 Å². The minimum absolute atomic E-state index is 0.227. The van der Waals surface area contributed by atoms with Crippen molar-refractivity contribution in [3.8, 4) is 0 Å². The van der Waals surface area contributed by atoms with Gasteiger partial charge in [-0.3, -0.25) is 4.79 Å². The van der Waals surface area contributed by atoms with E-state index in [0.29, 0.717) is 5.69 Å². The Morgan fingerprint density at radius 2 is 1.84 bits per heavy atom. The normalized spacial score (nSPS) is 10.6. The van der Waals surface area contributed by atoms with Crippen LogP contribution in [-0.4, -0.2) is 15.9 Å². The molecule has 0 aliphatic heterocycles. The van der Waals surface area contributed by atoms with Gasteiger partial charge in [0.25, 0.3) is 5.91 Å². The van der Waals surface area contributed by atoms with Crippen LogP contribution in [0.4, 0.5) is 10.1 Å². The fourth-order valence-corrected chi connectivity index (χ4v) is 1.78. The summed E-state index contributed by atoms with van der Waals surface area (Å²) in [4.78, 5) is 19.1. The first-order valence-corrected chi connectivity index (χ1v) is 5.74. The number of fused-ring (bicyclic) bond motifs is 1. The molecule has 0 unspecified atom stereocenters. The number of H-pyrrole nitrogens is 1. The second-order valence-electron chi connectivity index (χ2n) is 4.06. The van der Waals surface area contributed by atoms with Crippen LogP contribution < -0.4 is 5.32 Å². The Morgan fingerprint density at radius 1 is 1.11 bits per heavy atom. The largest absolute Gasteiger partial charge is 0.334 e. The zero-order valence-corrected chi connectivity index (χ0v) is 9.85. The van der Waals surface area contributed by atoms with Crippen LogP contribution in [0.3, 0.4) is 0 Å². The summed E-state index contributed by atoms with van der Waals surface area (Å²) in [5.41, 5.74) is 2.05. The molecule has 19 heavy (non-hydrogen) atoms. The highest BCUT2D eigenvalue weighted by molar-refractivity contribution is 6.03. The Hall–Kier alpha value is -2.69. The van der Waals surface area contributed by atoms with Crippen molar-refractivity contribution in [3.05, 3.63) is 60.2 Å². The topological polar surface area (TPSA) is 57.8 Å². The van der Waals surface area contributed by atoms with Crippen molar-refractivity contribution in [2.75, 3.05) is 5.32 Å². The van der Waals surface area contributed by atoms with Crippen molar-refractivity contribution in [3.63, 3.8) is 0 Å². The van der Waals surface area contributed by atoms with E-state index >= 15 is 0 Å². The molecule has 4 nitrogen and oxygen atoms in total. The number of rotatable bonds is 2. The number of anilines is 1. The smallest absolute Gasteiger partial charge is 0.291 e. The number of nitrogens with zero attached hydrogens (tertiary/aromatic N) is 1. The number of carbonyl (C=O) groups is 1. The first kappa shape index (κ1) is 11.4. The highest BCUT2D eigenvalue weighted by atomic mass is 19.1. The van der Waals surface area contributed by atoms with Gasteiger partial charge in [-0.15, -0.1) is 0 Å². The Balaban J connectivity index is 1.85. The Kier molecular flexibility index (Phi) is 2.72. The van der Waals surface area contributed by atoms with Gasteiger partial charge in [0, 0.05) is 5.69 Å². The molecule has 0 aliphatic rings. The van der Waals surface area contributed by atoms with Crippen molar-refractivity contribution in [1.82, 2.24) is 9.97 Å². The zero-order chi connectivity index (χ0) is 13.2. The molecule has 0 fully saturated rings. The number of benzene rings is 2. The Bertz CT molecular complexity index is 701. The van der Waals surface area contributed by atoms with E-state index in [0.717, 1.165) is 11.0 Å². The maximum absolute atomic E-state index is 12.8. The highest BCUT2D eigenvalue weighted by Gasteiger charge is 2.11. The number of hydrogen-bond acceptors (Lipinski definition) is 2. The van der Waals surface area contributed by atoms with E-state index in [1.807, 2.05) is 24.3 Å². The Labute approximate surface area is 108 Å². The molecule has 0 spiro atoms. The number of amides is 1. The lowest BCUT2D eigenvalue weighted by atomic mass is 10.3. The highest BCUT2D eigenvalue weighted by Crippen LogP contribution is 2.13. The lowest BCUT2D eigenvalue weighted by Gasteiger charge is -2.02. The number of carbonyl (C=O) groups excluding carboxylic acids is 1. The summed E-state index contributed by atoms with van der Waals surface area (Å²) in [6.45, 7) is 0. The SMILES string of the molecule is O=C(Nc1ccc(F)cc1)c1nc2ccccc2[nH]1. The summed E-state index contributed by atoms with van der Waals surface area (Å²) < 4.78 is 12.8. The maximum atomic E-state index is 12.8. The van der Waals surface area contributed by atoms with Gasteiger partial charge in [0.1, 0.15) is 5.82 Å². The fraction of sp³-hybridized carbons (Fsp3) is 0. The van der Waals surface area contributed by atoms with Gasteiger partial charge >= 0.3 is 0 Å². The molecule has 2 aromatic carbocycles. The number of para-hydroxylation sites is 2. The van der Waals surface area contributed by atoms with E-state index in [1.165, 1.54) is 24.3 Å². The molecule has 0 bridgehead atoms. The van der Waals surface area contributed by atoms with Gasteiger partial charge in [-0.05, 0) is 36.4 Å². The molecule has 0 saturated heterocycles. The lowest BCUT2D eigenvalue weighted by Crippen LogP contribution is -2.13. The summed E-state index contributed by atoms with van der Waals surface area (Å²) in [5.74, 6) is -0.477. The lowest BCUT2D eigenvalue weighted by molar-refractivity contribution is 0.101. The van der Waals surface area contributed by atoms with Crippen molar-refractivity contribution in [2.45, 2.75) is 0 Å². The summed E-state index contributed by atoms with van der Waals surface area (Å²) in [6, 6.07) is 12.9. The zero-order valence-electron chi connectivity index (χ0n) is 9.85. The molecule has 3 rings (SSSR count). The van der Waals surface area contributed by atoms with Crippen molar-refractivity contribution >= 4 is 22.6 Å². The number of nitrogens with one attached hydrogen (secondary N) is 2. The monoisotopic (exact) mass is 255 g/mol. The van der Waals surface area contributed by atoms with Crippen molar-refractivity contribution in [2.24, 2.45) is 0 Å². The summed E-state index contributed by atoms with van der Waals surface area (Å²) in [7, 11) is 0. The minimum atomic E-state index is -0.359. The maximum Gasteiger partial charge on any atom is 0.291 e. The van der Waals surface area contributed by atoms with Crippen LogP contribution in [0.2, 0.25) is 0 Å². The summed E-state index contributed by atoms with van der Waals surface area (Å²) >= 11 is 0. The van der Waals surface area contributed by atoms with E-state index < -0.39 is 0 Å². The second kappa shape index (κ2) is 4.53. The number of halogens is 1. The third kappa shape index (κ3) is 2.30. The predicted octanol–water partition coefficient (Wildman–Crippen LogP) is 2.95. The molecule has 0 aliphatic carbocycles. The summed E-state index contributed by atoms with van der Waals surface area (Å²) in [6.07, 6.45) is 0. The molecule has 0 saturated carbocycles. The van der Waals surface area contributed by atoms with Crippen molar-refractivity contribution < 1.29 is 9.18 Å². The van der Waals surface area contributed by atoms with Gasteiger partial charge in [0.2, 0.25) is 0 Å². The molecule has 1 amide bonds. The third-order valence-electron chi connectivity index (χ3n) is 2.71. The predicted molar refractivity (Wildman–Crippen MR) is 70.4 cm³/mol. The average molecular weight is 255 g/mol. The molecular weight excluding hydrogens is 245 g/mol. The van der Waals surface area contributed by atoms with E-state index in [1.54, 1.807) is 0 Å². The molecule has 1 heterocycles. The van der Waals surface area contributed by atoms with E-state index in [2.05, 4.69) is 15.3 Å². The van der Waals surface area contributed by atoms with Gasteiger partial charge in [-0.2, -0.15) is 0 Å². The molecule has 1 aromatic heterocycles. The van der Waals surface area contributed by atoms with E-state index in [-0.39, 0.29) is 17.5 Å². The standard InChI is InChI=1S/C14H10FN3O/c15-9-5-7-10(8-6-9)16-14(19)13-17-11-3-1-2-4-12(11)18-13/h1-8H,(H,16,19)(H,17,18). The van der Waals surface area contributed by atoms with Gasteiger partial charge in [-0.1, -0.05) is 12.1 Å². The molecule has 0 atom stereocenters. The number of imidazole rings is 1. The van der Waals surface area contributed by atoms with Crippen LogP contribution >= 0.6 is 0 Å². The third-order valence-corrected chi connectivity index (χ3v) is 2.71. The van der Waals surface area contributed by atoms with Crippen molar-refractivity contribution in [1.29, 1.82) is 0 Å². The molecular formula is C14H10FN3O. The molecule has 2 N–H and O–H groups in total. The Morgan fingerprint density at radius 3 is 2.58 bits per heavy atom. The van der Waals surface area contributed by atoms with Gasteiger partial charge in [0.15, 0.2) is 5.82 Å². The van der Waals surface area contributed by atoms with Crippen LogP contribution in [0.15, 0.2) is 48.5 Å². The van der Waals surface area contributed by atoms with Crippen LogP contribution in [0, 0.1) is 5.82 Å². The first-order chi connectivity index (χ1) is 9.22. The number of hydrogen-bond donors (Lipinski definition) is 2. The van der Waals surface area contributed by atoms with Crippen LogP contribution in [-0.2, 0) is 0 Å². The minimum Gasteiger partial charge on any atom is -0.334 e. The quantitative estimate of drug-likeness (QED) is 0.739. The molecule has 0 radical (unpaired) electrons. The van der Waals surface area contributed by atoms with Gasteiger partial charge in [0.05, 0.1) is 11.0 Å². The van der Waals surface area contributed by atoms with Crippen LogP contribution in [0.25, 0.3) is 11.0 Å². The van der Waals surface area contributed by atoms with E-state index in [9.17, 15) is 9.18 Å². The average Bonchev–Trinajstić information content (AvgIpc) is 2.85. The van der Waals surface area contributed by atoms with Gasteiger partial charge in [-0.25, -0.2) is 9.37 Å². The molecule has 3 aromatic rings. The number of aromatic nitrogens is 2. The molecule has 94 valence electrons. The first-order valence-electron chi connectivity index (χ1n) is 5.74. The van der Waals surface area contributed by atoms with Crippen LogP contribution in [0.1, 0.15) is 10.6 Å². The second-order valence-corrected chi connectivity index (χ2v) is 4.06. The summed E-state index contributed by atoms with van der Waals surface area (Å²) in [5, 5.41) is 2.65. The van der Waals surface area contributed by atoms with E-state index in [4.69, 9.17) is 0 Å². The fourth-order valence-electron chi connectivity index (χ4n) is 1.78. The van der Waals surface area contributed by atoms with Crippen LogP contribution in [0.5, 0.6) is 0 Å².